The smallest absolute Gasteiger partial charge is 0.265 e. The number of aryl methyl sites for hydroxylation is 1. The van der Waals surface area contributed by atoms with Crippen molar-refractivity contribution in [1.29, 1.82) is 5.26 Å². The minimum atomic E-state index is -0.501. The van der Waals surface area contributed by atoms with Crippen molar-refractivity contribution in [2.75, 3.05) is 0 Å². The lowest BCUT2D eigenvalue weighted by molar-refractivity contribution is 0.0993. The summed E-state index contributed by atoms with van der Waals surface area (Å²) in [4.78, 5) is 11.6. The molecule has 0 saturated heterocycles. The summed E-state index contributed by atoms with van der Waals surface area (Å²) in [6, 6.07) is 14.8. The fourth-order valence-electron chi connectivity index (χ4n) is 2.66. The summed E-state index contributed by atoms with van der Waals surface area (Å²) in [5.41, 5.74) is 8.98. The first-order valence-corrected chi connectivity index (χ1v) is 6.98. The Kier molecular flexibility index (Phi) is 3.36. The Morgan fingerprint density at radius 2 is 1.91 bits per heavy atom. The average Bonchev–Trinajstić information content (AvgIpc) is 2.84. The minimum Gasteiger partial charge on any atom is -0.364 e. The highest BCUT2D eigenvalue weighted by molar-refractivity contribution is 6.30. The van der Waals surface area contributed by atoms with Gasteiger partial charge < -0.3 is 10.3 Å². The van der Waals surface area contributed by atoms with Gasteiger partial charge in [0, 0.05) is 23.0 Å². The molecule has 0 unspecified atom stereocenters. The topological polar surface area (TPSA) is 71.8 Å². The van der Waals surface area contributed by atoms with Crippen molar-refractivity contribution in [3.8, 4) is 17.2 Å². The molecule has 1 aromatic heterocycles. The Labute approximate surface area is 132 Å². The van der Waals surface area contributed by atoms with Crippen LogP contribution in [-0.2, 0) is 7.05 Å². The third-order valence-corrected chi connectivity index (χ3v) is 3.92. The second-order valence-electron chi connectivity index (χ2n) is 5.03. The van der Waals surface area contributed by atoms with Crippen LogP contribution in [0.25, 0.3) is 22.0 Å². The third-order valence-electron chi connectivity index (χ3n) is 3.67. The zero-order valence-corrected chi connectivity index (χ0v) is 12.6. The van der Waals surface area contributed by atoms with Gasteiger partial charge in [-0.25, -0.2) is 0 Å². The summed E-state index contributed by atoms with van der Waals surface area (Å²) in [5, 5.41) is 10.7. The highest BCUT2D eigenvalue weighted by Crippen LogP contribution is 2.32. The van der Waals surface area contributed by atoms with E-state index in [1.54, 1.807) is 41.9 Å². The van der Waals surface area contributed by atoms with Gasteiger partial charge in [-0.05, 0) is 35.9 Å². The molecule has 3 aromatic rings. The first-order chi connectivity index (χ1) is 10.5. The van der Waals surface area contributed by atoms with Gasteiger partial charge in [-0.1, -0.05) is 23.7 Å². The molecule has 2 N–H and O–H groups in total. The molecular weight excluding hydrogens is 298 g/mol. The average molecular weight is 310 g/mol. The molecule has 0 aliphatic carbocycles. The highest BCUT2D eigenvalue weighted by Gasteiger charge is 2.15. The molecule has 2 aromatic carbocycles. The van der Waals surface area contributed by atoms with Gasteiger partial charge in [-0.2, -0.15) is 5.26 Å². The molecule has 1 amide bonds. The minimum absolute atomic E-state index is 0.403. The molecular formula is C17H12ClN3O. The predicted octanol–water partition coefficient (Wildman–Crippen LogP) is 3.47. The van der Waals surface area contributed by atoms with Gasteiger partial charge in [-0.3, -0.25) is 4.79 Å². The molecule has 0 aliphatic rings. The fraction of sp³-hybridized carbons (Fsp3) is 0.0588. The van der Waals surface area contributed by atoms with Crippen molar-refractivity contribution in [2.45, 2.75) is 0 Å². The molecule has 0 bridgehead atoms. The number of hydrogen-bond donors (Lipinski definition) is 1. The summed E-state index contributed by atoms with van der Waals surface area (Å²) in [5.74, 6) is -0.501. The van der Waals surface area contributed by atoms with Gasteiger partial charge in [0.25, 0.3) is 5.91 Å². The van der Waals surface area contributed by atoms with E-state index in [2.05, 4.69) is 6.07 Å². The molecule has 0 spiro atoms. The molecule has 108 valence electrons. The van der Waals surface area contributed by atoms with Crippen molar-refractivity contribution in [3.05, 3.63) is 58.7 Å². The van der Waals surface area contributed by atoms with E-state index >= 15 is 0 Å². The lowest BCUT2D eigenvalue weighted by atomic mass is 10.0. The van der Waals surface area contributed by atoms with Crippen molar-refractivity contribution in [1.82, 2.24) is 4.57 Å². The molecule has 3 rings (SSSR count). The maximum absolute atomic E-state index is 11.6. The number of rotatable bonds is 2. The Hall–Kier alpha value is -2.77. The van der Waals surface area contributed by atoms with Crippen molar-refractivity contribution >= 4 is 28.4 Å². The second-order valence-corrected chi connectivity index (χ2v) is 5.47. The maximum atomic E-state index is 11.6. The molecule has 1 heterocycles. The number of nitrogens with zero attached hydrogens (tertiary/aromatic N) is 2. The standard InChI is InChI=1S/C17H12ClN3O/c1-21-15(17(20)22)8-12-6-10(9-19)7-14(16(12)21)11-2-4-13(18)5-3-11/h2-8H,1H3,(H2,20,22). The number of primary amides is 1. The molecule has 22 heavy (non-hydrogen) atoms. The third kappa shape index (κ3) is 2.22. The normalized spacial score (nSPS) is 10.6. The van der Waals surface area contributed by atoms with Crippen molar-refractivity contribution < 1.29 is 4.79 Å². The van der Waals surface area contributed by atoms with E-state index in [1.807, 2.05) is 12.1 Å². The molecule has 0 fully saturated rings. The lowest BCUT2D eigenvalue weighted by Crippen LogP contribution is -2.14. The van der Waals surface area contributed by atoms with Gasteiger partial charge in [0.2, 0.25) is 0 Å². The number of halogens is 1. The van der Waals surface area contributed by atoms with E-state index < -0.39 is 5.91 Å². The highest BCUT2D eigenvalue weighted by atomic mass is 35.5. The van der Waals surface area contributed by atoms with Crippen LogP contribution in [0.3, 0.4) is 0 Å². The number of aromatic nitrogens is 1. The summed E-state index contributed by atoms with van der Waals surface area (Å²) in [6.07, 6.45) is 0. The molecule has 0 saturated carbocycles. The van der Waals surface area contributed by atoms with E-state index in [1.165, 1.54) is 0 Å². The van der Waals surface area contributed by atoms with E-state index in [-0.39, 0.29) is 0 Å². The summed E-state index contributed by atoms with van der Waals surface area (Å²) in [6.45, 7) is 0. The van der Waals surface area contributed by atoms with Crippen LogP contribution in [0.15, 0.2) is 42.5 Å². The van der Waals surface area contributed by atoms with E-state index in [9.17, 15) is 10.1 Å². The predicted molar refractivity (Wildman–Crippen MR) is 86.6 cm³/mol. The molecule has 0 atom stereocenters. The van der Waals surface area contributed by atoms with Crippen LogP contribution in [0.4, 0.5) is 0 Å². The summed E-state index contributed by atoms with van der Waals surface area (Å²) >= 11 is 5.93. The number of nitriles is 1. The van der Waals surface area contributed by atoms with Crippen LogP contribution in [0, 0.1) is 11.3 Å². The first kappa shape index (κ1) is 14.2. The Morgan fingerprint density at radius 3 is 2.50 bits per heavy atom. The van der Waals surface area contributed by atoms with Crippen LogP contribution < -0.4 is 5.73 Å². The number of carbonyl (C=O) groups excluding carboxylic acids is 1. The SMILES string of the molecule is Cn1c(C(N)=O)cc2cc(C#N)cc(-c3ccc(Cl)cc3)c21. The quantitative estimate of drug-likeness (QED) is 0.787. The summed E-state index contributed by atoms with van der Waals surface area (Å²) < 4.78 is 1.75. The molecule has 0 radical (unpaired) electrons. The zero-order valence-electron chi connectivity index (χ0n) is 11.8. The van der Waals surface area contributed by atoms with Crippen LogP contribution in [0.2, 0.25) is 5.02 Å². The lowest BCUT2D eigenvalue weighted by Gasteiger charge is -2.08. The zero-order chi connectivity index (χ0) is 15.9. The molecule has 0 aliphatic heterocycles. The van der Waals surface area contributed by atoms with Crippen molar-refractivity contribution in [3.63, 3.8) is 0 Å². The van der Waals surface area contributed by atoms with E-state index in [4.69, 9.17) is 17.3 Å². The Morgan fingerprint density at radius 1 is 1.23 bits per heavy atom. The van der Waals surface area contributed by atoms with Gasteiger partial charge >= 0.3 is 0 Å². The first-order valence-electron chi connectivity index (χ1n) is 6.60. The molecule has 4 nitrogen and oxygen atoms in total. The van der Waals surface area contributed by atoms with E-state index in [0.717, 1.165) is 22.0 Å². The largest absolute Gasteiger partial charge is 0.364 e. The van der Waals surface area contributed by atoms with Gasteiger partial charge in [-0.15, -0.1) is 0 Å². The number of amides is 1. The van der Waals surface area contributed by atoms with Crippen LogP contribution >= 0.6 is 11.6 Å². The van der Waals surface area contributed by atoms with Crippen LogP contribution in [-0.4, -0.2) is 10.5 Å². The molecule has 5 heteroatoms. The van der Waals surface area contributed by atoms with Crippen LogP contribution in [0.1, 0.15) is 16.1 Å². The second kappa shape index (κ2) is 5.21. The number of fused-ring (bicyclic) bond motifs is 1. The van der Waals surface area contributed by atoms with Gasteiger partial charge in [0.05, 0.1) is 17.1 Å². The number of carbonyl (C=O) groups is 1. The van der Waals surface area contributed by atoms with Gasteiger partial charge in [0.1, 0.15) is 5.69 Å². The number of hydrogen-bond acceptors (Lipinski definition) is 2. The monoisotopic (exact) mass is 309 g/mol. The van der Waals surface area contributed by atoms with Crippen LogP contribution in [0.5, 0.6) is 0 Å². The van der Waals surface area contributed by atoms with Crippen molar-refractivity contribution in [2.24, 2.45) is 12.8 Å². The van der Waals surface area contributed by atoms with Gasteiger partial charge in [0.15, 0.2) is 0 Å². The number of benzene rings is 2. The Bertz CT molecular complexity index is 933. The van der Waals surface area contributed by atoms with E-state index in [0.29, 0.717) is 16.3 Å². The maximum Gasteiger partial charge on any atom is 0.265 e. The summed E-state index contributed by atoms with van der Waals surface area (Å²) in [7, 11) is 1.79. The fourth-order valence-corrected chi connectivity index (χ4v) is 2.78. The Balaban J connectivity index is 2.39. The number of nitrogens with two attached hydrogens (primary N) is 1.